The molecule has 144 valence electrons. The lowest BCUT2D eigenvalue weighted by Crippen LogP contribution is -2.56. The predicted molar refractivity (Wildman–Crippen MR) is 109 cm³/mol. The zero-order valence-electron chi connectivity index (χ0n) is 15.4. The van der Waals surface area contributed by atoms with Crippen molar-refractivity contribution in [2.24, 2.45) is 5.92 Å². The van der Waals surface area contributed by atoms with Crippen molar-refractivity contribution in [3.8, 4) is 0 Å². The van der Waals surface area contributed by atoms with Gasteiger partial charge in [-0.15, -0.1) is 18.3 Å². The Labute approximate surface area is 164 Å². The van der Waals surface area contributed by atoms with Crippen LogP contribution in [0, 0.1) is 5.92 Å². The van der Waals surface area contributed by atoms with Gasteiger partial charge in [-0.1, -0.05) is 24.3 Å². The number of amides is 1. The van der Waals surface area contributed by atoms with Gasteiger partial charge < -0.3 is 15.5 Å². The van der Waals surface area contributed by atoms with Gasteiger partial charge >= 0.3 is 0 Å². The molecule has 1 aromatic carbocycles. The first kappa shape index (κ1) is 17.6. The molecule has 1 aromatic rings. The van der Waals surface area contributed by atoms with Gasteiger partial charge in [0.1, 0.15) is 6.04 Å². The summed E-state index contributed by atoms with van der Waals surface area (Å²) in [4.78, 5) is 15.3. The predicted octanol–water partition coefficient (Wildman–Crippen LogP) is 0.934. The highest BCUT2D eigenvalue weighted by atomic mass is 32.2. The summed E-state index contributed by atoms with van der Waals surface area (Å²) in [5, 5.41) is 7.46. The third-order valence-electron chi connectivity index (χ3n) is 6.50. The van der Waals surface area contributed by atoms with Crippen molar-refractivity contribution >= 4 is 23.4 Å². The molecule has 0 aromatic heterocycles. The lowest BCUT2D eigenvalue weighted by Gasteiger charge is -2.39. The Morgan fingerprint density at radius 1 is 1.26 bits per heavy atom. The van der Waals surface area contributed by atoms with Crippen LogP contribution in [0.25, 0.3) is 0 Å². The molecule has 4 aliphatic heterocycles. The van der Waals surface area contributed by atoms with E-state index in [4.69, 9.17) is 0 Å². The quantitative estimate of drug-likeness (QED) is 0.581. The largest absolute Gasteiger partial charge is 0.373 e. The van der Waals surface area contributed by atoms with E-state index in [0.717, 1.165) is 37.5 Å². The number of likely N-dealkylation sites (tertiary alicyclic amines) is 1. The number of anilines is 1. The SMILES string of the molecule is C=CC1SCNC1C1NNC2CCN(C(=O)C3Cc4ccccc4N3)CC21. The van der Waals surface area contributed by atoms with Gasteiger partial charge in [0.25, 0.3) is 0 Å². The highest BCUT2D eigenvalue weighted by Crippen LogP contribution is 2.33. The van der Waals surface area contributed by atoms with E-state index in [9.17, 15) is 4.79 Å². The minimum absolute atomic E-state index is 0.124. The van der Waals surface area contributed by atoms with Gasteiger partial charge in [0.2, 0.25) is 5.91 Å². The third kappa shape index (κ3) is 3.06. The molecule has 3 fully saturated rings. The fraction of sp³-hybridized carbons (Fsp3) is 0.550. The molecule has 7 heteroatoms. The Kier molecular flexibility index (Phi) is 4.63. The van der Waals surface area contributed by atoms with Crippen LogP contribution in [-0.4, -0.2) is 59.2 Å². The van der Waals surface area contributed by atoms with E-state index in [-0.39, 0.29) is 11.9 Å². The normalized spacial score (nSPS) is 37.6. The molecule has 6 atom stereocenters. The van der Waals surface area contributed by atoms with Crippen LogP contribution in [0.1, 0.15) is 12.0 Å². The Morgan fingerprint density at radius 3 is 3.00 bits per heavy atom. The molecular formula is C20H27N5OS. The van der Waals surface area contributed by atoms with E-state index < -0.39 is 0 Å². The molecule has 6 nitrogen and oxygen atoms in total. The molecule has 6 unspecified atom stereocenters. The van der Waals surface area contributed by atoms with Gasteiger partial charge in [-0.2, -0.15) is 0 Å². The number of benzene rings is 1. The zero-order chi connectivity index (χ0) is 18.4. The van der Waals surface area contributed by atoms with Crippen LogP contribution in [0.3, 0.4) is 0 Å². The van der Waals surface area contributed by atoms with Crippen molar-refractivity contribution in [3.05, 3.63) is 42.5 Å². The number of piperidine rings is 1. The molecule has 1 amide bonds. The van der Waals surface area contributed by atoms with E-state index in [1.165, 1.54) is 5.56 Å². The van der Waals surface area contributed by atoms with Gasteiger partial charge in [0.05, 0.1) is 0 Å². The summed E-state index contributed by atoms with van der Waals surface area (Å²) in [6.07, 6.45) is 3.84. The second-order valence-corrected chi connectivity index (χ2v) is 9.12. The first-order valence-electron chi connectivity index (χ1n) is 9.86. The molecule has 3 saturated heterocycles. The molecule has 0 spiro atoms. The second kappa shape index (κ2) is 7.13. The molecule has 27 heavy (non-hydrogen) atoms. The number of fused-ring (bicyclic) bond motifs is 2. The van der Waals surface area contributed by atoms with Crippen LogP contribution in [0.5, 0.6) is 0 Å². The Hall–Kier alpha value is -1.54. The van der Waals surface area contributed by atoms with E-state index in [1.54, 1.807) is 0 Å². The van der Waals surface area contributed by atoms with E-state index in [0.29, 0.717) is 29.3 Å². The van der Waals surface area contributed by atoms with Gasteiger partial charge in [-0.25, -0.2) is 0 Å². The highest BCUT2D eigenvalue weighted by Gasteiger charge is 2.47. The number of nitrogens with one attached hydrogen (secondary N) is 4. The highest BCUT2D eigenvalue weighted by molar-refractivity contribution is 8.00. The summed E-state index contributed by atoms with van der Waals surface area (Å²) in [5.74, 6) is 1.62. The summed E-state index contributed by atoms with van der Waals surface area (Å²) in [6.45, 7) is 5.64. The summed E-state index contributed by atoms with van der Waals surface area (Å²) in [5.41, 5.74) is 9.36. The average molecular weight is 386 g/mol. The maximum atomic E-state index is 13.2. The monoisotopic (exact) mass is 385 g/mol. The summed E-state index contributed by atoms with van der Waals surface area (Å²) >= 11 is 1.91. The number of carbonyl (C=O) groups excluding carboxylic acids is 1. The van der Waals surface area contributed by atoms with E-state index >= 15 is 0 Å². The Balaban J connectivity index is 1.28. The number of hydrazine groups is 1. The first-order valence-corrected chi connectivity index (χ1v) is 10.9. The van der Waals surface area contributed by atoms with Gasteiger partial charge in [0.15, 0.2) is 0 Å². The van der Waals surface area contributed by atoms with E-state index in [2.05, 4.69) is 51.2 Å². The number of rotatable bonds is 3. The van der Waals surface area contributed by atoms with Crippen molar-refractivity contribution in [2.45, 2.75) is 42.3 Å². The second-order valence-electron chi connectivity index (χ2n) is 7.96. The van der Waals surface area contributed by atoms with Crippen LogP contribution in [0.4, 0.5) is 5.69 Å². The lowest BCUT2D eigenvalue weighted by molar-refractivity contribution is -0.133. The molecule has 5 rings (SSSR count). The maximum Gasteiger partial charge on any atom is 0.245 e. The van der Waals surface area contributed by atoms with Crippen molar-refractivity contribution in [2.75, 3.05) is 24.3 Å². The molecule has 4 heterocycles. The molecule has 4 N–H and O–H groups in total. The van der Waals surface area contributed by atoms with Crippen LogP contribution in [-0.2, 0) is 11.2 Å². The molecule has 0 saturated carbocycles. The van der Waals surface area contributed by atoms with Crippen molar-refractivity contribution in [3.63, 3.8) is 0 Å². The molecular weight excluding hydrogens is 358 g/mol. The van der Waals surface area contributed by atoms with E-state index in [1.807, 2.05) is 23.9 Å². The minimum atomic E-state index is -0.124. The van der Waals surface area contributed by atoms with Crippen LogP contribution < -0.4 is 21.5 Å². The number of carbonyl (C=O) groups is 1. The lowest BCUT2D eigenvalue weighted by atomic mass is 9.83. The standard InChI is InChI=1S/C20H27N5OS/c1-2-17-19(21-11-27-17)18-13-10-25(8-7-15(13)23-24-18)20(26)16-9-12-5-3-4-6-14(12)22-16/h2-6,13,15-19,21-24H,1,7-11H2. The van der Waals surface area contributed by atoms with Crippen molar-refractivity contribution in [1.82, 2.24) is 21.1 Å². The molecule has 0 radical (unpaired) electrons. The van der Waals surface area contributed by atoms with Gasteiger partial charge in [0, 0.05) is 60.4 Å². The number of nitrogens with zero attached hydrogens (tertiary/aromatic N) is 1. The summed E-state index contributed by atoms with van der Waals surface area (Å²) in [6, 6.07) is 9.23. The Morgan fingerprint density at radius 2 is 2.15 bits per heavy atom. The van der Waals surface area contributed by atoms with Crippen molar-refractivity contribution in [1.29, 1.82) is 0 Å². The number of para-hydroxylation sites is 1. The molecule has 4 aliphatic rings. The third-order valence-corrected chi connectivity index (χ3v) is 7.71. The summed E-state index contributed by atoms with van der Waals surface area (Å²) < 4.78 is 0. The molecule has 0 bridgehead atoms. The van der Waals surface area contributed by atoms with Crippen molar-refractivity contribution < 1.29 is 4.79 Å². The van der Waals surface area contributed by atoms with Crippen LogP contribution >= 0.6 is 11.8 Å². The topological polar surface area (TPSA) is 68.4 Å². The Bertz CT molecular complexity index is 718. The number of hydrogen-bond acceptors (Lipinski definition) is 6. The number of hydrogen-bond donors (Lipinski definition) is 4. The first-order chi connectivity index (χ1) is 13.2. The van der Waals surface area contributed by atoms with Crippen LogP contribution in [0.15, 0.2) is 36.9 Å². The van der Waals surface area contributed by atoms with Gasteiger partial charge in [-0.3, -0.25) is 15.6 Å². The zero-order valence-corrected chi connectivity index (χ0v) is 16.2. The van der Waals surface area contributed by atoms with Crippen LogP contribution in [0.2, 0.25) is 0 Å². The summed E-state index contributed by atoms with van der Waals surface area (Å²) in [7, 11) is 0. The maximum absolute atomic E-state index is 13.2. The average Bonchev–Trinajstić information content (AvgIpc) is 3.42. The minimum Gasteiger partial charge on any atom is -0.373 e. The fourth-order valence-electron chi connectivity index (χ4n) is 5.07. The smallest absolute Gasteiger partial charge is 0.245 e. The molecule has 0 aliphatic carbocycles. The number of thioether (sulfide) groups is 1. The van der Waals surface area contributed by atoms with Gasteiger partial charge in [-0.05, 0) is 18.1 Å². The fourth-order valence-corrected chi connectivity index (χ4v) is 6.16.